The second-order valence-electron chi connectivity index (χ2n) is 5.42. The van der Waals surface area contributed by atoms with E-state index in [0.29, 0.717) is 5.56 Å². The Balaban J connectivity index is 2.06. The minimum absolute atomic E-state index is 0.198. The number of aryl methyl sites for hydroxylation is 1. The molecule has 138 valence electrons. The third kappa shape index (κ3) is 6.59. The molecular formula is C17H15BrCl3N3OS. The molecule has 0 aliphatic carbocycles. The van der Waals surface area contributed by atoms with Crippen LogP contribution in [0.2, 0.25) is 0 Å². The summed E-state index contributed by atoms with van der Waals surface area (Å²) >= 11 is 26.6. The standard InChI is InChI=1S/C17H15BrCl3N3OS/c1-10-5-7-11(8-6-10)14(25)23-15(17(19,20)21)24-16(26)22-13-4-2-3-12(18)9-13/h2-9,15H,1H3,(H,23,25)(H2,22,24,26)/t15-/m1/s1. The molecule has 0 aromatic heterocycles. The Labute approximate surface area is 180 Å². The molecule has 3 N–H and O–H groups in total. The second-order valence-corrected chi connectivity index (χ2v) is 9.12. The van der Waals surface area contributed by atoms with Crippen LogP contribution in [0.1, 0.15) is 15.9 Å². The number of hydrogen-bond donors (Lipinski definition) is 3. The molecule has 1 amide bonds. The lowest BCUT2D eigenvalue weighted by atomic mass is 10.1. The topological polar surface area (TPSA) is 53.2 Å². The van der Waals surface area contributed by atoms with Crippen LogP contribution in [0, 0.1) is 6.92 Å². The van der Waals surface area contributed by atoms with Crippen LogP contribution in [0.5, 0.6) is 0 Å². The van der Waals surface area contributed by atoms with Gasteiger partial charge in [0.2, 0.25) is 3.79 Å². The number of carbonyl (C=O) groups excluding carboxylic acids is 1. The molecule has 2 rings (SSSR count). The van der Waals surface area contributed by atoms with Gasteiger partial charge in [0.25, 0.3) is 5.91 Å². The van der Waals surface area contributed by atoms with Crippen molar-refractivity contribution in [3.05, 3.63) is 64.1 Å². The van der Waals surface area contributed by atoms with Crippen LogP contribution in [0.4, 0.5) is 5.69 Å². The van der Waals surface area contributed by atoms with Crippen molar-refractivity contribution in [1.82, 2.24) is 10.6 Å². The largest absolute Gasteiger partial charge is 0.339 e. The molecular weight excluding hydrogens is 481 g/mol. The van der Waals surface area contributed by atoms with E-state index in [1.165, 1.54) is 0 Å². The number of nitrogens with one attached hydrogen (secondary N) is 3. The van der Waals surface area contributed by atoms with Gasteiger partial charge in [-0.1, -0.05) is 74.5 Å². The summed E-state index contributed by atoms with van der Waals surface area (Å²) in [6, 6.07) is 14.4. The van der Waals surface area contributed by atoms with Crippen molar-refractivity contribution in [3.63, 3.8) is 0 Å². The van der Waals surface area contributed by atoms with Crippen LogP contribution in [0.3, 0.4) is 0 Å². The molecule has 2 aromatic rings. The van der Waals surface area contributed by atoms with Crippen LogP contribution in [0.25, 0.3) is 0 Å². The number of carbonyl (C=O) groups is 1. The van der Waals surface area contributed by atoms with E-state index in [0.717, 1.165) is 15.7 Å². The summed E-state index contributed by atoms with van der Waals surface area (Å²) in [5.74, 6) is -0.390. The molecule has 0 bridgehead atoms. The zero-order chi connectivity index (χ0) is 19.3. The van der Waals surface area contributed by atoms with Crippen LogP contribution in [0.15, 0.2) is 53.0 Å². The van der Waals surface area contributed by atoms with Gasteiger partial charge in [0.15, 0.2) is 5.11 Å². The SMILES string of the molecule is Cc1ccc(C(=O)N[C@H](NC(=S)Nc2cccc(Br)c2)C(Cl)(Cl)Cl)cc1. The van der Waals surface area contributed by atoms with E-state index in [1.807, 2.05) is 43.3 Å². The molecule has 0 radical (unpaired) electrons. The highest BCUT2D eigenvalue weighted by atomic mass is 79.9. The number of amides is 1. The summed E-state index contributed by atoms with van der Waals surface area (Å²) in [4.78, 5) is 12.4. The summed E-state index contributed by atoms with van der Waals surface area (Å²) in [6.07, 6.45) is -1.03. The third-order valence-corrected chi connectivity index (χ3v) is 4.64. The maximum absolute atomic E-state index is 12.4. The Morgan fingerprint density at radius 2 is 1.77 bits per heavy atom. The Hall–Kier alpha value is -1.05. The normalized spacial score (nSPS) is 12.2. The number of halogens is 4. The molecule has 26 heavy (non-hydrogen) atoms. The minimum atomic E-state index is -1.82. The zero-order valence-corrected chi connectivity index (χ0v) is 18.2. The van der Waals surface area contributed by atoms with Crippen LogP contribution < -0.4 is 16.0 Å². The number of thiocarbonyl (C=S) groups is 1. The van der Waals surface area contributed by atoms with Gasteiger partial charge in [-0.3, -0.25) is 4.79 Å². The first-order chi connectivity index (χ1) is 12.1. The van der Waals surface area contributed by atoms with E-state index in [1.54, 1.807) is 12.1 Å². The molecule has 9 heteroatoms. The van der Waals surface area contributed by atoms with E-state index in [-0.39, 0.29) is 11.0 Å². The minimum Gasteiger partial charge on any atom is -0.339 e. The predicted molar refractivity (Wildman–Crippen MR) is 116 cm³/mol. The number of anilines is 1. The molecule has 4 nitrogen and oxygen atoms in total. The number of alkyl halides is 3. The Kier molecular flexibility index (Phi) is 7.55. The molecule has 0 fully saturated rings. The number of rotatable bonds is 4. The van der Waals surface area contributed by atoms with Crippen molar-refractivity contribution in [2.45, 2.75) is 16.9 Å². The van der Waals surface area contributed by atoms with Crippen LogP contribution in [-0.4, -0.2) is 21.0 Å². The molecule has 0 saturated heterocycles. The first kappa shape index (κ1) is 21.3. The fraction of sp³-hybridized carbons (Fsp3) is 0.176. The highest BCUT2D eigenvalue weighted by Gasteiger charge is 2.34. The highest BCUT2D eigenvalue weighted by molar-refractivity contribution is 9.10. The fourth-order valence-electron chi connectivity index (χ4n) is 1.98. The van der Waals surface area contributed by atoms with E-state index in [2.05, 4.69) is 31.9 Å². The Morgan fingerprint density at radius 3 is 2.35 bits per heavy atom. The molecule has 0 unspecified atom stereocenters. The second kappa shape index (κ2) is 9.24. The van der Waals surface area contributed by atoms with Crippen molar-refractivity contribution >= 4 is 79.7 Å². The van der Waals surface area contributed by atoms with Crippen molar-refractivity contribution < 1.29 is 4.79 Å². The summed E-state index contributed by atoms with van der Waals surface area (Å²) in [7, 11) is 0. The summed E-state index contributed by atoms with van der Waals surface area (Å²) in [5.41, 5.74) is 2.23. The summed E-state index contributed by atoms with van der Waals surface area (Å²) in [6.45, 7) is 1.93. The zero-order valence-electron chi connectivity index (χ0n) is 13.5. The summed E-state index contributed by atoms with van der Waals surface area (Å²) < 4.78 is -0.931. The third-order valence-electron chi connectivity index (χ3n) is 3.27. The lowest BCUT2D eigenvalue weighted by Crippen LogP contribution is -2.56. The number of benzene rings is 2. The molecule has 0 saturated carbocycles. The molecule has 2 aromatic carbocycles. The van der Waals surface area contributed by atoms with Crippen molar-refractivity contribution in [3.8, 4) is 0 Å². The molecule has 0 heterocycles. The van der Waals surface area contributed by atoms with Gasteiger partial charge in [0.1, 0.15) is 6.17 Å². The van der Waals surface area contributed by atoms with E-state index >= 15 is 0 Å². The van der Waals surface area contributed by atoms with Crippen molar-refractivity contribution in [2.75, 3.05) is 5.32 Å². The van der Waals surface area contributed by atoms with Gasteiger partial charge in [-0.2, -0.15) is 0 Å². The van der Waals surface area contributed by atoms with Gasteiger partial charge < -0.3 is 16.0 Å². The van der Waals surface area contributed by atoms with Crippen molar-refractivity contribution in [2.24, 2.45) is 0 Å². The average molecular weight is 496 g/mol. The van der Waals surface area contributed by atoms with Gasteiger partial charge in [-0.05, 0) is 49.5 Å². The van der Waals surface area contributed by atoms with Crippen molar-refractivity contribution in [1.29, 1.82) is 0 Å². The monoisotopic (exact) mass is 493 g/mol. The highest BCUT2D eigenvalue weighted by Crippen LogP contribution is 2.29. The van der Waals surface area contributed by atoms with Gasteiger partial charge >= 0.3 is 0 Å². The first-order valence-corrected chi connectivity index (χ1v) is 9.76. The van der Waals surface area contributed by atoms with E-state index in [9.17, 15) is 4.79 Å². The van der Waals surface area contributed by atoms with Crippen LogP contribution in [-0.2, 0) is 0 Å². The van der Waals surface area contributed by atoms with E-state index in [4.69, 9.17) is 47.0 Å². The molecule has 0 spiro atoms. The van der Waals surface area contributed by atoms with E-state index < -0.39 is 9.96 Å². The lowest BCUT2D eigenvalue weighted by molar-refractivity contribution is 0.0934. The van der Waals surface area contributed by atoms with Crippen LogP contribution >= 0.6 is 63.0 Å². The maximum atomic E-state index is 12.4. The Bertz CT molecular complexity index is 797. The molecule has 0 aliphatic heterocycles. The lowest BCUT2D eigenvalue weighted by Gasteiger charge is -2.27. The molecule has 0 aliphatic rings. The summed E-state index contributed by atoms with van der Waals surface area (Å²) in [5, 5.41) is 8.62. The quantitative estimate of drug-likeness (QED) is 0.311. The Morgan fingerprint density at radius 1 is 1.12 bits per heavy atom. The smallest absolute Gasteiger partial charge is 0.252 e. The van der Waals surface area contributed by atoms with Gasteiger partial charge in [-0.25, -0.2) is 0 Å². The fourth-order valence-corrected chi connectivity index (χ4v) is 2.95. The first-order valence-electron chi connectivity index (χ1n) is 7.42. The predicted octanol–water partition coefficient (Wildman–Crippen LogP) is 5.17. The number of hydrogen-bond acceptors (Lipinski definition) is 2. The van der Waals surface area contributed by atoms with Gasteiger partial charge in [0.05, 0.1) is 0 Å². The van der Waals surface area contributed by atoms with Gasteiger partial charge in [-0.15, -0.1) is 0 Å². The maximum Gasteiger partial charge on any atom is 0.252 e. The van der Waals surface area contributed by atoms with Gasteiger partial charge in [0, 0.05) is 15.7 Å². The average Bonchev–Trinajstić information content (AvgIpc) is 2.53. The molecule has 1 atom stereocenters.